The number of H-pyrrole nitrogens is 1. The van der Waals surface area contributed by atoms with E-state index in [1.54, 1.807) is 24.5 Å². The lowest BCUT2D eigenvalue weighted by atomic mass is 9.93. The summed E-state index contributed by atoms with van der Waals surface area (Å²) in [5.41, 5.74) is 10.3. The van der Waals surface area contributed by atoms with Crippen LogP contribution in [0.25, 0.3) is 22.6 Å². The number of imidazole rings is 1. The Balaban J connectivity index is 0.00000192. The third-order valence-corrected chi connectivity index (χ3v) is 3.46. The Labute approximate surface area is 135 Å². The average Bonchev–Trinajstić information content (AvgIpc) is 2.88. The first-order chi connectivity index (χ1) is 10.4. The van der Waals surface area contributed by atoms with Gasteiger partial charge in [0, 0.05) is 11.6 Å². The molecule has 2 heterocycles. The van der Waals surface area contributed by atoms with Crippen molar-refractivity contribution in [3.05, 3.63) is 30.2 Å². The molecule has 0 spiro atoms. The zero-order valence-corrected chi connectivity index (χ0v) is 12.9. The molecule has 2 aromatic heterocycles. The van der Waals surface area contributed by atoms with E-state index in [2.05, 4.69) is 52.4 Å². The molecule has 0 amide bonds. The lowest BCUT2D eigenvalue weighted by Crippen LogP contribution is -2.13. The van der Waals surface area contributed by atoms with E-state index >= 15 is 0 Å². The molecule has 120 valence electrons. The number of rotatable bonds is 2. The first kappa shape index (κ1) is 16.6. The zero-order chi connectivity index (χ0) is 15.9. The molecule has 0 aliphatic rings. The zero-order valence-electron chi connectivity index (χ0n) is 12.9. The van der Waals surface area contributed by atoms with E-state index in [9.17, 15) is 0 Å². The number of nitrogens with one attached hydrogen (secondary N) is 1. The summed E-state index contributed by atoms with van der Waals surface area (Å²) in [5, 5.41) is 0. The lowest BCUT2D eigenvalue weighted by molar-refractivity contribution is 0.565. The molecule has 3 N–H and O–H groups in total. The summed E-state index contributed by atoms with van der Waals surface area (Å²) in [6.07, 6.45) is 3.52. The summed E-state index contributed by atoms with van der Waals surface area (Å²) in [6.45, 7) is 9.81. The van der Waals surface area contributed by atoms with Gasteiger partial charge in [-0.25, -0.2) is 9.97 Å². The van der Waals surface area contributed by atoms with E-state index in [4.69, 9.17) is 5.73 Å². The summed E-state index contributed by atoms with van der Waals surface area (Å²) in [5.74, 6) is 0.656. The van der Waals surface area contributed by atoms with Crippen molar-refractivity contribution in [2.75, 3.05) is 5.73 Å². The van der Waals surface area contributed by atoms with Gasteiger partial charge in [-0.3, -0.25) is 9.98 Å². The molecule has 3 aromatic rings. The van der Waals surface area contributed by atoms with Crippen molar-refractivity contribution in [2.24, 2.45) is 4.99 Å². The minimum absolute atomic E-state index is 0. The third-order valence-electron chi connectivity index (χ3n) is 3.46. The maximum atomic E-state index is 5.90. The van der Waals surface area contributed by atoms with Gasteiger partial charge in [0.25, 0.3) is 0 Å². The summed E-state index contributed by atoms with van der Waals surface area (Å²) in [4.78, 5) is 20.5. The molecular weight excluding hydrogens is 288 g/mol. The van der Waals surface area contributed by atoms with Crippen LogP contribution in [0.15, 0.2) is 29.5 Å². The van der Waals surface area contributed by atoms with Crippen molar-refractivity contribution < 1.29 is 0 Å². The third kappa shape index (κ3) is 3.06. The van der Waals surface area contributed by atoms with Crippen molar-refractivity contribution in [3.8, 4) is 11.5 Å². The Kier molecular flexibility index (Phi) is 4.18. The van der Waals surface area contributed by atoms with E-state index < -0.39 is 0 Å². The second-order valence-corrected chi connectivity index (χ2v) is 6.21. The average molecular weight is 310 g/mol. The van der Waals surface area contributed by atoms with Gasteiger partial charge in [0.05, 0.1) is 34.3 Å². The largest absolute Gasteiger partial charge is 0.397 e. The number of anilines is 1. The number of hydrogen-bond donors (Lipinski definition) is 2. The van der Waals surface area contributed by atoms with Gasteiger partial charge >= 0.3 is 0 Å². The van der Waals surface area contributed by atoms with Gasteiger partial charge in [-0.1, -0.05) is 28.2 Å². The van der Waals surface area contributed by atoms with E-state index in [0.29, 0.717) is 22.9 Å². The number of nitrogen functional groups attached to an aromatic ring is 1. The van der Waals surface area contributed by atoms with Crippen LogP contribution in [0.2, 0.25) is 0 Å². The van der Waals surface area contributed by atoms with Gasteiger partial charge in [0.15, 0.2) is 5.82 Å². The SMILES string of the molecule is C.C=Nc1cc2nc(-c3cnc(C(C)(C)C)cn3)[nH]c2cc1N. The van der Waals surface area contributed by atoms with Gasteiger partial charge in [0.2, 0.25) is 0 Å². The summed E-state index contributed by atoms with van der Waals surface area (Å²) < 4.78 is 0. The Hall–Kier alpha value is -2.76. The van der Waals surface area contributed by atoms with E-state index in [0.717, 1.165) is 16.7 Å². The first-order valence-electron chi connectivity index (χ1n) is 6.97. The van der Waals surface area contributed by atoms with Crippen LogP contribution in [-0.4, -0.2) is 26.7 Å². The monoisotopic (exact) mass is 310 g/mol. The van der Waals surface area contributed by atoms with Crippen LogP contribution >= 0.6 is 0 Å². The highest BCUT2D eigenvalue weighted by Crippen LogP contribution is 2.28. The molecular formula is C17H22N6. The molecule has 0 radical (unpaired) electrons. The number of aromatic amines is 1. The highest BCUT2D eigenvalue weighted by molar-refractivity contribution is 5.87. The number of benzene rings is 1. The predicted molar refractivity (Wildman–Crippen MR) is 96.2 cm³/mol. The fourth-order valence-corrected chi connectivity index (χ4v) is 2.16. The van der Waals surface area contributed by atoms with E-state index in [1.165, 1.54) is 0 Å². The van der Waals surface area contributed by atoms with Crippen LogP contribution in [0.5, 0.6) is 0 Å². The fraction of sp³-hybridized carbons (Fsp3) is 0.294. The van der Waals surface area contributed by atoms with Crippen molar-refractivity contribution in [3.63, 3.8) is 0 Å². The topological polar surface area (TPSA) is 92.8 Å². The van der Waals surface area contributed by atoms with Crippen LogP contribution in [0.1, 0.15) is 33.9 Å². The Bertz CT molecular complexity index is 840. The van der Waals surface area contributed by atoms with Crippen molar-refractivity contribution in [1.82, 2.24) is 19.9 Å². The van der Waals surface area contributed by atoms with Crippen molar-refractivity contribution >= 4 is 29.1 Å². The minimum atomic E-state index is -0.0294. The van der Waals surface area contributed by atoms with Crippen LogP contribution in [0.4, 0.5) is 11.4 Å². The van der Waals surface area contributed by atoms with Crippen LogP contribution in [0.3, 0.4) is 0 Å². The maximum absolute atomic E-state index is 5.90. The standard InChI is InChI=1S/C16H18N6.CH4/c1-16(2,3)14-8-19-13(7-20-14)15-21-11-5-9(17)10(18-4)6-12(11)22-15;/h5-8H,4,17H2,1-3H3,(H,21,22);1H4. The van der Waals surface area contributed by atoms with Gasteiger partial charge in [0.1, 0.15) is 5.69 Å². The van der Waals surface area contributed by atoms with E-state index in [1.807, 2.05) is 0 Å². The predicted octanol–water partition coefficient (Wildman–Crippen LogP) is 3.87. The molecule has 0 bridgehead atoms. The van der Waals surface area contributed by atoms with Gasteiger partial charge < -0.3 is 10.7 Å². The molecule has 1 aromatic carbocycles. The second-order valence-electron chi connectivity index (χ2n) is 6.21. The van der Waals surface area contributed by atoms with Gasteiger partial charge in [-0.15, -0.1) is 0 Å². The molecule has 6 nitrogen and oxygen atoms in total. The quantitative estimate of drug-likeness (QED) is 0.555. The van der Waals surface area contributed by atoms with Gasteiger partial charge in [-0.05, 0) is 18.9 Å². The van der Waals surface area contributed by atoms with E-state index in [-0.39, 0.29) is 12.8 Å². The molecule has 3 rings (SSSR count). The number of nitrogens with zero attached hydrogens (tertiary/aromatic N) is 4. The summed E-state index contributed by atoms with van der Waals surface area (Å²) in [6, 6.07) is 3.60. The lowest BCUT2D eigenvalue weighted by Gasteiger charge is -2.16. The second kappa shape index (κ2) is 5.79. The van der Waals surface area contributed by atoms with Gasteiger partial charge in [-0.2, -0.15) is 0 Å². The Morgan fingerprint density at radius 3 is 2.48 bits per heavy atom. The number of aromatic nitrogens is 4. The molecule has 0 unspecified atom stereocenters. The molecule has 0 atom stereocenters. The number of aliphatic imine (C=N–C) groups is 1. The smallest absolute Gasteiger partial charge is 0.158 e. The van der Waals surface area contributed by atoms with Crippen LogP contribution in [0, 0.1) is 0 Å². The molecule has 0 aliphatic carbocycles. The number of hydrogen-bond acceptors (Lipinski definition) is 5. The number of fused-ring (bicyclic) bond motifs is 1. The molecule has 0 aliphatic heterocycles. The molecule has 0 saturated heterocycles. The van der Waals surface area contributed by atoms with Crippen molar-refractivity contribution in [1.29, 1.82) is 0 Å². The first-order valence-corrected chi connectivity index (χ1v) is 6.97. The normalized spacial score (nSPS) is 11.3. The fourth-order valence-electron chi connectivity index (χ4n) is 2.16. The van der Waals surface area contributed by atoms with Crippen LogP contribution < -0.4 is 5.73 Å². The highest BCUT2D eigenvalue weighted by atomic mass is 15.0. The van der Waals surface area contributed by atoms with Crippen LogP contribution in [-0.2, 0) is 5.41 Å². The maximum Gasteiger partial charge on any atom is 0.158 e. The molecule has 0 saturated carbocycles. The molecule has 0 fully saturated rings. The Morgan fingerprint density at radius 1 is 1.17 bits per heavy atom. The molecule has 23 heavy (non-hydrogen) atoms. The minimum Gasteiger partial charge on any atom is -0.397 e. The summed E-state index contributed by atoms with van der Waals surface area (Å²) >= 11 is 0. The Morgan fingerprint density at radius 2 is 1.91 bits per heavy atom. The highest BCUT2D eigenvalue weighted by Gasteiger charge is 2.16. The molecule has 6 heteroatoms. The number of nitrogens with two attached hydrogens (primary N) is 1. The van der Waals surface area contributed by atoms with Crippen molar-refractivity contribution in [2.45, 2.75) is 33.6 Å². The summed E-state index contributed by atoms with van der Waals surface area (Å²) in [7, 11) is 0.